The van der Waals surface area contributed by atoms with E-state index in [0.717, 1.165) is 11.3 Å². The minimum absolute atomic E-state index is 0.307. The van der Waals surface area contributed by atoms with Crippen molar-refractivity contribution >= 4 is 11.6 Å². The Kier molecular flexibility index (Phi) is 3.17. The van der Waals surface area contributed by atoms with Gasteiger partial charge in [-0.15, -0.1) is 0 Å². The quantitative estimate of drug-likeness (QED) is 0.893. The van der Waals surface area contributed by atoms with Gasteiger partial charge in [-0.3, -0.25) is 0 Å². The maximum Gasteiger partial charge on any atom is 0.193 e. The average molecular weight is 238 g/mol. The molecule has 0 bridgehead atoms. The lowest BCUT2D eigenvalue weighted by molar-refractivity contribution is 0.414. The molecule has 1 aromatic heterocycles. The molecule has 2 rings (SSSR count). The van der Waals surface area contributed by atoms with Crippen molar-refractivity contribution in [2.24, 2.45) is 5.73 Å². The molecule has 84 valence electrons. The van der Waals surface area contributed by atoms with E-state index in [1.807, 2.05) is 24.3 Å². The third-order valence-corrected chi connectivity index (χ3v) is 2.58. The zero-order valence-corrected chi connectivity index (χ0v) is 9.57. The van der Waals surface area contributed by atoms with Crippen molar-refractivity contribution in [3.63, 3.8) is 0 Å². The molecule has 2 aromatic rings. The van der Waals surface area contributed by atoms with Crippen LogP contribution >= 0.6 is 11.6 Å². The summed E-state index contributed by atoms with van der Waals surface area (Å²) < 4.78 is 10.3. The Bertz CT molecular complexity index is 464. The summed E-state index contributed by atoms with van der Waals surface area (Å²) in [5.41, 5.74) is 6.98. The summed E-state index contributed by atoms with van der Waals surface area (Å²) in [6, 6.07) is 10.7. The van der Waals surface area contributed by atoms with Crippen LogP contribution in [0.5, 0.6) is 5.75 Å². The van der Waals surface area contributed by atoms with Crippen molar-refractivity contribution in [2.75, 3.05) is 7.11 Å². The highest BCUT2D eigenvalue weighted by molar-refractivity contribution is 6.28. The predicted octanol–water partition coefficient (Wildman–Crippen LogP) is 2.99. The molecular formula is C12H12ClNO2. The number of hydrogen-bond acceptors (Lipinski definition) is 3. The Morgan fingerprint density at radius 3 is 2.38 bits per heavy atom. The number of hydrogen-bond donors (Lipinski definition) is 1. The number of benzene rings is 1. The van der Waals surface area contributed by atoms with E-state index in [2.05, 4.69) is 0 Å². The zero-order valence-electron chi connectivity index (χ0n) is 8.81. The summed E-state index contributed by atoms with van der Waals surface area (Å²) >= 11 is 5.70. The van der Waals surface area contributed by atoms with Gasteiger partial charge in [-0.05, 0) is 41.4 Å². The first-order valence-corrected chi connectivity index (χ1v) is 5.23. The van der Waals surface area contributed by atoms with E-state index in [1.165, 1.54) is 0 Å². The number of rotatable bonds is 3. The summed E-state index contributed by atoms with van der Waals surface area (Å²) in [5.74, 6) is 1.45. The molecule has 3 nitrogen and oxygen atoms in total. The second kappa shape index (κ2) is 4.60. The van der Waals surface area contributed by atoms with Crippen LogP contribution in [0.3, 0.4) is 0 Å². The lowest BCUT2D eigenvalue weighted by Gasteiger charge is -2.09. The molecule has 0 spiro atoms. The van der Waals surface area contributed by atoms with Crippen LogP contribution in [0.4, 0.5) is 0 Å². The lowest BCUT2D eigenvalue weighted by atomic mass is 10.1. The fourth-order valence-electron chi connectivity index (χ4n) is 1.47. The highest BCUT2D eigenvalue weighted by Crippen LogP contribution is 2.25. The zero-order chi connectivity index (χ0) is 11.5. The summed E-state index contributed by atoms with van der Waals surface area (Å²) in [4.78, 5) is 0. The molecule has 4 heteroatoms. The van der Waals surface area contributed by atoms with Gasteiger partial charge in [0.15, 0.2) is 5.22 Å². The lowest BCUT2D eigenvalue weighted by Crippen LogP contribution is -2.10. The standard InChI is InChI=1S/C12H12ClNO2/c1-15-9-4-2-8(3-5-9)12(14)10-6-7-11(13)16-10/h2-7,12H,14H2,1H3. The number of methoxy groups -OCH3 is 1. The maximum absolute atomic E-state index is 6.03. The van der Waals surface area contributed by atoms with Crippen LogP contribution in [-0.2, 0) is 0 Å². The van der Waals surface area contributed by atoms with E-state index < -0.39 is 0 Å². The van der Waals surface area contributed by atoms with Crippen molar-refractivity contribution in [2.45, 2.75) is 6.04 Å². The van der Waals surface area contributed by atoms with Crippen LogP contribution in [0, 0.1) is 0 Å². The first-order valence-electron chi connectivity index (χ1n) is 4.85. The van der Waals surface area contributed by atoms with Gasteiger partial charge in [-0.1, -0.05) is 12.1 Å². The Labute approximate surface area is 98.8 Å². The summed E-state index contributed by atoms with van der Waals surface area (Å²) in [7, 11) is 1.63. The topological polar surface area (TPSA) is 48.4 Å². The minimum Gasteiger partial charge on any atom is -0.497 e. The highest BCUT2D eigenvalue weighted by atomic mass is 35.5. The van der Waals surface area contributed by atoms with Crippen molar-refractivity contribution in [3.8, 4) is 5.75 Å². The molecule has 0 aliphatic heterocycles. The molecule has 16 heavy (non-hydrogen) atoms. The highest BCUT2D eigenvalue weighted by Gasteiger charge is 2.12. The van der Waals surface area contributed by atoms with E-state index in [0.29, 0.717) is 11.0 Å². The van der Waals surface area contributed by atoms with E-state index in [-0.39, 0.29) is 6.04 Å². The van der Waals surface area contributed by atoms with Gasteiger partial charge in [0.25, 0.3) is 0 Å². The Morgan fingerprint density at radius 1 is 1.19 bits per heavy atom. The van der Waals surface area contributed by atoms with Gasteiger partial charge in [0.1, 0.15) is 11.5 Å². The molecule has 1 heterocycles. The molecule has 0 aliphatic rings. The SMILES string of the molecule is COc1ccc(C(N)c2ccc(Cl)o2)cc1. The number of nitrogens with two attached hydrogens (primary N) is 1. The third-order valence-electron chi connectivity index (χ3n) is 2.38. The van der Waals surface area contributed by atoms with E-state index in [9.17, 15) is 0 Å². The van der Waals surface area contributed by atoms with Crippen LogP contribution in [0.2, 0.25) is 5.22 Å². The Morgan fingerprint density at radius 2 is 1.88 bits per heavy atom. The van der Waals surface area contributed by atoms with Gasteiger partial charge in [0.05, 0.1) is 13.2 Å². The molecule has 0 saturated carbocycles. The molecule has 1 aromatic carbocycles. The molecular weight excluding hydrogens is 226 g/mol. The van der Waals surface area contributed by atoms with Crippen LogP contribution in [-0.4, -0.2) is 7.11 Å². The summed E-state index contributed by atoms with van der Waals surface area (Å²) in [6.07, 6.45) is 0. The van der Waals surface area contributed by atoms with Crippen molar-refractivity contribution in [3.05, 3.63) is 52.9 Å². The van der Waals surface area contributed by atoms with Gasteiger partial charge in [-0.2, -0.15) is 0 Å². The molecule has 1 unspecified atom stereocenters. The van der Waals surface area contributed by atoms with Gasteiger partial charge >= 0.3 is 0 Å². The van der Waals surface area contributed by atoms with Crippen LogP contribution in [0.1, 0.15) is 17.4 Å². The third kappa shape index (κ3) is 2.21. The fraction of sp³-hybridized carbons (Fsp3) is 0.167. The second-order valence-corrected chi connectivity index (χ2v) is 3.77. The van der Waals surface area contributed by atoms with Gasteiger partial charge in [-0.25, -0.2) is 0 Å². The minimum atomic E-state index is -0.307. The number of halogens is 1. The predicted molar refractivity (Wildman–Crippen MR) is 62.7 cm³/mol. The monoisotopic (exact) mass is 237 g/mol. The molecule has 0 saturated heterocycles. The van der Waals surface area contributed by atoms with Gasteiger partial charge in [0, 0.05) is 0 Å². The molecule has 0 fully saturated rings. The normalized spacial score (nSPS) is 12.4. The summed E-state index contributed by atoms with van der Waals surface area (Å²) in [6.45, 7) is 0. The van der Waals surface area contributed by atoms with Crippen LogP contribution < -0.4 is 10.5 Å². The second-order valence-electron chi connectivity index (χ2n) is 3.39. The fourth-order valence-corrected chi connectivity index (χ4v) is 1.62. The van der Waals surface area contributed by atoms with Crippen LogP contribution in [0.25, 0.3) is 0 Å². The maximum atomic E-state index is 6.03. The number of furan rings is 1. The van der Waals surface area contributed by atoms with Crippen molar-refractivity contribution in [1.82, 2.24) is 0 Å². The Balaban J connectivity index is 2.23. The molecule has 0 aliphatic carbocycles. The van der Waals surface area contributed by atoms with Gasteiger partial charge < -0.3 is 14.9 Å². The van der Waals surface area contributed by atoms with Crippen LogP contribution in [0.15, 0.2) is 40.8 Å². The largest absolute Gasteiger partial charge is 0.497 e. The summed E-state index contributed by atoms with van der Waals surface area (Å²) in [5, 5.41) is 0.346. The molecule has 2 N–H and O–H groups in total. The molecule has 0 radical (unpaired) electrons. The number of ether oxygens (including phenoxy) is 1. The Hall–Kier alpha value is -1.45. The van der Waals surface area contributed by atoms with E-state index in [1.54, 1.807) is 19.2 Å². The smallest absolute Gasteiger partial charge is 0.193 e. The molecule has 0 amide bonds. The first kappa shape index (κ1) is 11.0. The average Bonchev–Trinajstić information content (AvgIpc) is 2.75. The van der Waals surface area contributed by atoms with E-state index >= 15 is 0 Å². The van der Waals surface area contributed by atoms with Gasteiger partial charge in [0.2, 0.25) is 0 Å². The van der Waals surface area contributed by atoms with Crippen molar-refractivity contribution in [1.29, 1.82) is 0 Å². The van der Waals surface area contributed by atoms with E-state index in [4.69, 9.17) is 26.5 Å². The van der Waals surface area contributed by atoms with Crippen molar-refractivity contribution < 1.29 is 9.15 Å². The first-order chi connectivity index (χ1) is 7.70. The molecule has 1 atom stereocenters.